The van der Waals surface area contributed by atoms with Gasteiger partial charge in [0.1, 0.15) is 5.01 Å². The lowest BCUT2D eigenvalue weighted by Crippen LogP contribution is -2.20. The van der Waals surface area contributed by atoms with E-state index in [0.717, 1.165) is 34.6 Å². The van der Waals surface area contributed by atoms with Gasteiger partial charge in [0.15, 0.2) is 0 Å². The smallest absolute Gasteiger partial charge is 0.227 e. The molecule has 24 heavy (non-hydrogen) atoms. The van der Waals surface area contributed by atoms with Crippen molar-refractivity contribution >= 4 is 33.1 Å². The second-order valence-corrected chi connectivity index (χ2v) is 7.28. The fourth-order valence-electron chi connectivity index (χ4n) is 2.68. The van der Waals surface area contributed by atoms with Crippen molar-refractivity contribution in [3.05, 3.63) is 48.0 Å². The lowest BCUT2D eigenvalue weighted by atomic mass is 10.1. The van der Waals surface area contributed by atoms with E-state index in [4.69, 9.17) is 4.98 Å². The Morgan fingerprint density at radius 3 is 2.67 bits per heavy atom. The molecule has 124 valence electrons. The summed E-state index contributed by atoms with van der Waals surface area (Å²) in [7, 11) is 0. The maximum Gasteiger partial charge on any atom is 0.227 e. The summed E-state index contributed by atoms with van der Waals surface area (Å²) in [6, 6.07) is 14.2. The van der Waals surface area contributed by atoms with Gasteiger partial charge in [0.25, 0.3) is 0 Å². The molecule has 0 bridgehead atoms. The molecule has 4 heteroatoms. The molecule has 1 atom stereocenters. The number of hydrogen-bond acceptors (Lipinski definition) is 3. The Bertz CT molecular complexity index is 852. The molecule has 2 aromatic carbocycles. The summed E-state index contributed by atoms with van der Waals surface area (Å²) < 4.78 is 1.20. The largest absolute Gasteiger partial charge is 0.326 e. The summed E-state index contributed by atoms with van der Waals surface area (Å²) in [6.45, 7) is 6.16. The van der Waals surface area contributed by atoms with Crippen molar-refractivity contribution in [2.45, 2.75) is 33.6 Å². The van der Waals surface area contributed by atoms with Crippen LogP contribution in [0.3, 0.4) is 0 Å². The zero-order valence-corrected chi connectivity index (χ0v) is 15.1. The number of amides is 1. The van der Waals surface area contributed by atoms with Crippen molar-refractivity contribution in [1.82, 2.24) is 4.98 Å². The Kier molecular flexibility index (Phi) is 4.95. The quantitative estimate of drug-likeness (QED) is 0.653. The number of aromatic nitrogens is 1. The van der Waals surface area contributed by atoms with E-state index < -0.39 is 0 Å². The van der Waals surface area contributed by atoms with Gasteiger partial charge in [0.2, 0.25) is 5.91 Å². The highest BCUT2D eigenvalue weighted by molar-refractivity contribution is 7.21. The van der Waals surface area contributed by atoms with Gasteiger partial charge in [0.05, 0.1) is 10.2 Å². The Balaban J connectivity index is 1.77. The second kappa shape index (κ2) is 7.14. The molecule has 1 aromatic heterocycles. The van der Waals surface area contributed by atoms with Gasteiger partial charge in [-0.1, -0.05) is 26.3 Å². The van der Waals surface area contributed by atoms with E-state index in [2.05, 4.69) is 37.4 Å². The first-order valence-corrected chi connectivity index (χ1v) is 9.17. The first-order valence-electron chi connectivity index (χ1n) is 8.35. The monoisotopic (exact) mass is 338 g/mol. The minimum Gasteiger partial charge on any atom is -0.326 e. The van der Waals surface area contributed by atoms with Gasteiger partial charge in [-0.25, -0.2) is 4.98 Å². The summed E-state index contributed by atoms with van der Waals surface area (Å²) in [5.41, 5.74) is 4.19. The maximum atomic E-state index is 12.1. The summed E-state index contributed by atoms with van der Waals surface area (Å²) >= 11 is 1.70. The van der Waals surface area contributed by atoms with Crippen LogP contribution in [0, 0.1) is 12.8 Å². The fourth-order valence-corrected chi connectivity index (χ4v) is 3.75. The van der Waals surface area contributed by atoms with Crippen molar-refractivity contribution in [3.63, 3.8) is 0 Å². The first-order chi connectivity index (χ1) is 11.6. The van der Waals surface area contributed by atoms with Crippen molar-refractivity contribution < 1.29 is 4.79 Å². The van der Waals surface area contributed by atoms with E-state index in [0.29, 0.717) is 0 Å². The third-order valence-electron chi connectivity index (χ3n) is 4.11. The van der Waals surface area contributed by atoms with Crippen molar-refractivity contribution in [2.75, 3.05) is 5.32 Å². The molecular weight excluding hydrogens is 316 g/mol. The van der Waals surface area contributed by atoms with Gasteiger partial charge < -0.3 is 5.32 Å². The molecule has 3 nitrogen and oxygen atoms in total. The van der Waals surface area contributed by atoms with Crippen LogP contribution in [-0.4, -0.2) is 10.9 Å². The van der Waals surface area contributed by atoms with E-state index in [1.807, 2.05) is 31.2 Å². The number of benzene rings is 2. The van der Waals surface area contributed by atoms with E-state index in [1.165, 1.54) is 10.3 Å². The number of aryl methyl sites for hydroxylation is 1. The van der Waals surface area contributed by atoms with Gasteiger partial charge in [-0.15, -0.1) is 11.3 Å². The number of fused-ring (bicyclic) bond motifs is 1. The van der Waals surface area contributed by atoms with Gasteiger partial charge in [-0.2, -0.15) is 0 Å². The third-order valence-corrected chi connectivity index (χ3v) is 5.18. The molecule has 0 radical (unpaired) electrons. The van der Waals surface area contributed by atoms with E-state index in [-0.39, 0.29) is 11.8 Å². The van der Waals surface area contributed by atoms with Gasteiger partial charge >= 0.3 is 0 Å². The standard InChI is InChI=1S/C20H22N2OS/c1-4-5-14(3)19(23)21-16-9-7-15(8-10-16)20-22-17-11-6-13(2)12-18(17)24-20/h6-12,14H,4-5H2,1-3H3,(H,21,23). The summed E-state index contributed by atoms with van der Waals surface area (Å²) in [5, 5.41) is 3.99. The molecule has 1 N–H and O–H groups in total. The number of carbonyl (C=O) groups excluding carboxylic acids is 1. The summed E-state index contributed by atoms with van der Waals surface area (Å²) in [6.07, 6.45) is 1.93. The maximum absolute atomic E-state index is 12.1. The van der Waals surface area contributed by atoms with Crippen LogP contribution in [0.15, 0.2) is 42.5 Å². The van der Waals surface area contributed by atoms with Crippen LogP contribution in [0.25, 0.3) is 20.8 Å². The van der Waals surface area contributed by atoms with E-state index in [1.54, 1.807) is 11.3 Å². The Labute approximate surface area is 146 Å². The molecule has 0 aliphatic carbocycles. The zero-order chi connectivity index (χ0) is 17.1. The third kappa shape index (κ3) is 3.65. The fraction of sp³-hybridized carbons (Fsp3) is 0.300. The summed E-state index contributed by atoms with van der Waals surface area (Å²) in [4.78, 5) is 16.8. The number of carbonyl (C=O) groups is 1. The molecular formula is C20H22N2OS. The number of nitrogens with zero attached hydrogens (tertiary/aromatic N) is 1. The lowest BCUT2D eigenvalue weighted by Gasteiger charge is -2.11. The van der Waals surface area contributed by atoms with Crippen LogP contribution in [-0.2, 0) is 4.79 Å². The number of hydrogen-bond donors (Lipinski definition) is 1. The van der Waals surface area contributed by atoms with Crippen molar-refractivity contribution in [1.29, 1.82) is 0 Å². The predicted molar refractivity (Wildman–Crippen MR) is 102 cm³/mol. The molecule has 0 saturated heterocycles. The highest BCUT2D eigenvalue weighted by atomic mass is 32.1. The predicted octanol–water partition coefficient (Wildman–Crippen LogP) is 5.65. The topological polar surface area (TPSA) is 42.0 Å². The normalized spacial score (nSPS) is 12.3. The zero-order valence-electron chi connectivity index (χ0n) is 14.3. The van der Waals surface area contributed by atoms with Gasteiger partial charge in [-0.3, -0.25) is 4.79 Å². The highest BCUT2D eigenvalue weighted by Crippen LogP contribution is 2.31. The average molecular weight is 338 g/mol. The Hall–Kier alpha value is -2.20. The molecule has 3 rings (SSSR count). The van der Waals surface area contributed by atoms with Crippen LogP contribution in [0.4, 0.5) is 5.69 Å². The molecule has 1 heterocycles. The van der Waals surface area contributed by atoms with Crippen LogP contribution < -0.4 is 5.32 Å². The van der Waals surface area contributed by atoms with Crippen LogP contribution >= 0.6 is 11.3 Å². The Morgan fingerprint density at radius 1 is 1.21 bits per heavy atom. The highest BCUT2D eigenvalue weighted by Gasteiger charge is 2.12. The van der Waals surface area contributed by atoms with Crippen LogP contribution in [0.5, 0.6) is 0 Å². The molecule has 3 aromatic rings. The number of thiazole rings is 1. The minimum atomic E-state index is 0.0437. The molecule has 0 aliphatic heterocycles. The molecule has 0 aliphatic rings. The molecule has 1 unspecified atom stereocenters. The molecule has 0 spiro atoms. The first kappa shape index (κ1) is 16.7. The van der Waals surface area contributed by atoms with Crippen LogP contribution in [0.2, 0.25) is 0 Å². The lowest BCUT2D eigenvalue weighted by molar-refractivity contribution is -0.119. The Morgan fingerprint density at radius 2 is 1.96 bits per heavy atom. The van der Waals surface area contributed by atoms with Gasteiger partial charge in [0, 0.05) is 17.2 Å². The second-order valence-electron chi connectivity index (χ2n) is 6.25. The molecule has 0 saturated carbocycles. The molecule has 1 amide bonds. The number of nitrogens with one attached hydrogen (secondary N) is 1. The number of anilines is 1. The molecule has 0 fully saturated rings. The van der Waals surface area contributed by atoms with Crippen molar-refractivity contribution in [3.8, 4) is 10.6 Å². The van der Waals surface area contributed by atoms with Crippen molar-refractivity contribution in [2.24, 2.45) is 5.92 Å². The van der Waals surface area contributed by atoms with Gasteiger partial charge in [-0.05, 0) is 55.3 Å². The SMILES string of the molecule is CCCC(C)C(=O)Nc1ccc(-c2nc3ccc(C)cc3s2)cc1. The van der Waals surface area contributed by atoms with E-state index >= 15 is 0 Å². The minimum absolute atomic E-state index is 0.0437. The summed E-state index contributed by atoms with van der Waals surface area (Å²) in [5.74, 6) is 0.127. The number of rotatable bonds is 5. The van der Waals surface area contributed by atoms with E-state index in [9.17, 15) is 4.79 Å². The average Bonchev–Trinajstić information content (AvgIpc) is 2.98. The van der Waals surface area contributed by atoms with Crippen LogP contribution in [0.1, 0.15) is 32.3 Å².